The number of aliphatic hydroxyl groups excluding tert-OH is 1. The van der Waals surface area contributed by atoms with Crippen molar-refractivity contribution in [3.63, 3.8) is 0 Å². The van der Waals surface area contributed by atoms with Gasteiger partial charge in [-0.1, -0.05) is 18.1 Å². The average molecular weight is 403 g/mol. The van der Waals surface area contributed by atoms with Crippen LogP contribution in [0.1, 0.15) is 17.3 Å². The second kappa shape index (κ2) is 8.47. The summed E-state index contributed by atoms with van der Waals surface area (Å²) in [5.41, 5.74) is 1.50. The largest absolute Gasteiger partial charge is 0.478 e. The van der Waals surface area contributed by atoms with E-state index >= 15 is 0 Å². The predicted molar refractivity (Wildman–Crippen MR) is 112 cm³/mol. The van der Waals surface area contributed by atoms with Crippen molar-refractivity contribution in [3.05, 3.63) is 62.8 Å². The number of amides is 1. The molecule has 1 unspecified atom stereocenters. The van der Waals surface area contributed by atoms with E-state index < -0.39 is 12.1 Å². The molecule has 1 amide bonds. The Morgan fingerprint density at radius 2 is 1.97 bits per heavy atom. The number of anilines is 1. The highest BCUT2D eigenvalue weighted by Crippen LogP contribution is 2.32. The Hall–Kier alpha value is -4.15. The van der Waals surface area contributed by atoms with Crippen molar-refractivity contribution >= 4 is 30.2 Å². The van der Waals surface area contributed by atoms with Crippen LogP contribution < -0.4 is 21.4 Å². The van der Waals surface area contributed by atoms with E-state index in [9.17, 15) is 24.6 Å². The van der Waals surface area contributed by atoms with Crippen LogP contribution in [-0.4, -0.2) is 28.7 Å². The van der Waals surface area contributed by atoms with Crippen LogP contribution in [0, 0.1) is 12.3 Å². The SMILES string of the molecule is C#CC(O)/C=c1/oc2cc(=O)ccc-2c(-c2ccc(NC=O)cc2C(=O)O)/c1=C/C. The summed E-state index contributed by atoms with van der Waals surface area (Å²) in [7, 11) is 0. The van der Waals surface area contributed by atoms with E-state index in [1.54, 1.807) is 31.2 Å². The molecule has 1 aliphatic heterocycles. The van der Waals surface area contributed by atoms with Gasteiger partial charge in [0, 0.05) is 28.1 Å². The molecule has 0 spiro atoms. The van der Waals surface area contributed by atoms with E-state index in [1.165, 1.54) is 24.3 Å². The van der Waals surface area contributed by atoms with Gasteiger partial charge in [-0.25, -0.2) is 4.79 Å². The van der Waals surface area contributed by atoms with Crippen LogP contribution in [0.5, 0.6) is 0 Å². The molecule has 0 aromatic heterocycles. The van der Waals surface area contributed by atoms with E-state index in [0.717, 1.165) is 0 Å². The van der Waals surface area contributed by atoms with Gasteiger partial charge in [0.15, 0.2) is 5.43 Å². The lowest BCUT2D eigenvalue weighted by Crippen LogP contribution is -2.30. The molecule has 30 heavy (non-hydrogen) atoms. The summed E-state index contributed by atoms with van der Waals surface area (Å²) >= 11 is 0. The molecule has 1 aromatic rings. The zero-order chi connectivity index (χ0) is 21.8. The molecule has 1 aliphatic carbocycles. The van der Waals surface area contributed by atoms with Crippen molar-refractivity contribution in [2.45, 2.75) is 13.0 Å². The van der Waals surface area contributed by atoms with Gasteiger partial charge in [0.05, 0.1) is 5.56 Å². The molecule has 1 heterocycles. The summed E-state index contributed by atoms with van der Waals surface area (Å²) in [5, 5.41) is 22.6. The first-order valence-corrected chi connectivity index (χ1v) is 8.86. The molecule has 0 saturated heterocycles. The number of carbonyl (C=O) groups is 2. The molecule has 1 aromatic carbocycles. The second-order valence-corrected chi connectivity index (χ2v) is 6.31. The lowest BCUT2D eigenvalue weighted by Gasteiger charge is -2.16. The van der Waals surface area contributed by atoms with Gasteiger partial charge in [-0.15, -0.1) is 6.42 Å². The Labute approximate surface area is 170 Å². The lowest BCUT2D eigenvalue weighted by atomic mass is 9.91. The molecule has 2 aliphatic rings. The Morgan fingerprint density at radius 1 is 1.23 bits per heavy atom. The summed E-state index contributed by atoms with van der Waals surface area (Å²) < 4.78 is 5.81. The molecule has 7 nitrogen and oxygen atoms in total. The number of fused-ring (bicyclic) bond motifs is 1. The first-order valence-electron chi connectivity index (χ1n) is 8.86. The molecule has 3 rings (SSSR count). The zero-order valence-corrected chi connectivity index (χ0v) is 15.9. The van der Waals surface area contributed by atoms with Crippen molar-refractivity contribution in [2.75, 3.05) is 5.32 Å². The number of hydrogen-bond acceptors (Lipinski definition) is 5. The Bertz CT molecular complexity index is 1330. The minimum Gasteiger partial charge on any atom is -0.478 e. The highest BCUT2D eigenvalue weighted by atomic mass is 16.4. The van der Waals surface area contributed by atoms with E-state index in [-0.39, 0.29) is 22.2 Å². The highest BCUT2D eigenvalue weighted by molar-refractivity contribution is 6.00. The van der Waals surface area contributed by atoms with Gasteiger partial charge in [-0.3, -0.25) is 9.59 Å². The minimum absolute atomic E-state index is 0.0629. The first kappa shape index (κ1) is 20.6. The smallest absolute Gasteiger partial charge is 0.336 e. The van der Waals surface area contributed by atoms with Crippen LogP contribution >= 0.6 is 0 Å². The second-order valence-electron chi connectivity index (χ2n) is 6.31. The van der Waals surface area contributed by atoms with E-state index in [0.29, 0.717) is 34.0 Å². The van der Waals surface area contributed by atoms with Gasteiger partial charge in [-0.05, 0) is 42.8 Å². The number of carboxylic acid groups (broad SMARTS) is 1. The quantitative estimate of drug-likeness (QED) is 0.436. The third-order valence-corrected chi connectivity index (χ3v) is 4.49. The van der Waals surface area contributed by atoms with Gasteiger partial charge < -0.3 is 19.9 Å². The monoisotopic (exact) mass is 403 g/mol. The van der Waals surface area contributed by atoms with Crippen LogP contribution in [0.25, 0.3) is 34.6 Å². The van der Waals surface area contributed by atoms with Crippen molar-refractivity contribution in [2.24, 2.45) is 0 Å². The Morgan fingerprint density at radius 3 is 2.60 bits per heavy atom. The number of hydrogen-bond donors (Lipinski definition) is 3. The summed E-state index contributed by atoms with van der Waals surface area (Å²) in [4.78, 5) is 34.6. The third kappa shape index (κ3) is 3.85. The topological polar surface area (TPSA) is 117 Å². The molecule has 1 atom stereocenters. The molecule has 3 N–H and O–H groups in total. The number of carboxylic acids is 1. The third-order valence-electron chi connectivity index (χ3n) is 4.49. The minimum atomic E-state index is -1.24. The number of aliphatic hydroxyl groups is 1. The molecule has 150 valence electrons. The van der Waals surface area contributed by atoms with Crippen molar-refractivity contribution in [3.8, 4) is 34.8 Å². The summed E-state index contributed by atoms with van der Waals surface area (Å²) in [6.07, 6.45) is 7.47. The van der Waals surface area contributed by atoms with Crippen molar-refractivity contribution < 1.29 is 24.2 Å². The summed E-state index contributed by atoms with van der Waals surface area (Å²) in [6, 6.07) is 8.64. The Kier molecular flexibility index (Phi) is 5.81. The molecule has 0 radical (unpaired) electrons. The molecular formula is C23H17NO6. The van der Waals surface area contributed by atoms with Gasteiger partial charge in [0.25, 0.3) is 0 Å². The molecule has 0 bridgehead atoms. The number of aromatic carboxylic acids is 1. The van der Waals surface area contributed by atoms with Gasteiger partial charge in [0.2, 0.25) is 6.41 Å². The number of rotatable bonds is 5. The van der Waals surface area contributed by atoms with E-state index in [2.05, 4.69) is 11.2 Å². The van der Waals surface area contributed by atoms with Crippen LogP contribution in [0.15, 0.2) is 45.6 Å². The van der Waals surface area contributed by atoms with Crippen molar-refractivity contribution in [1.82, 2.24) is 0 Å². The maximum atomic E-state index is 12.0. The molecule has 7 heteroatoms. The predicted octanol–water partition coefficient (Wildman–Crippen LogP) is 1.25. The van der Waals surface area contributed by atoms with Crippen LogP contribution in [0.2, 0.25) is 0 Å². The van der Waals surface area contributed by atoms with Gasteiger partial charge in [-0.2, -0.15) is 0 Å². The maximum Gasteiger partial charge on any atom is 0.336 e. The van der Waals surface area contributed by atoms with E-state index in [4.69, 9.17) is 10.8 Å². The summed E-state index contributed by atoms with van der Waals surface area (Å²) in [6.45, 7) is 1.73. The van der Waals surface area contributed by atoms with Crippen LogP contribution in [0.3, 0.4) is 0 Å². The fourth-order valence-corrected chi connectivity index (χ4v) is 3.22. The fraction of sp³-hybridized carbons (Fsp3) is 0.0870. The molecule has 0 saturated carbocycles. The standard InChI is InChI=1S/C23H17NO6/c1-3-14(26)10-20-16(4-2)22(18-8-6-15(27)11-21(18)30-20)17-7-5-13(24-12-25)9-19(17)23(28)29/h1,4-12,14,26H,2H3,(H,24,25)(H,28,29)/b16-4+,20-10+. The zero-order valence-electron chi connectivity index (χ0n) is 15.9. The van der Waals surface area contributed by atoms with Crippen LogP contribution in [-0.2, 0) is 4.79 Å². The highest BCUT2D eigenvalue weighted by Gasteiger charge is 2.21. The lowest BCUT2D eigenvalue weighted by molar-refractivity contribution is -0.105. The number of carbonyl (C=O) groups excluding carboxylic acids is 1. The van der Waals surface area contributed by atoms with E-state index in [1.807, 2.05) is 0 Å². The summed E-state index contributed by atoms with van der Waals surface area (Å²) in [5.74, 6) is 1.17. The number of terminal acetylenes is 1. The fourth-order valence-electron chi connectivity index (χ4n) is 3.22. The molecule has 0 fully saturated rings. The maximum absolute atomic E-state index is 12.0. The number of benzene rings is 2. The number of nitrogens with one attached hydrogen (secondary N) is 1. The molecular weight excluding hydrogens is 386 g/mol. The van der Waals surface area contributed by atoms with Crippen LogP contribution in [0.4, 0.5) is 5.69 Å². The Balaban J connectivity index is 2.52. The normalized spacial score (nSPS) is 13.1. The van der Waals surface area contributed by atoms with Gasteiger partial charge >= 0.3 is 5.97 Å². The average Bonchev–Trinajstić information content (AvgIpc) is 2.72. The first-order chi connectivity index (χ1) is 14.4. The van der Waals surface area contributed by atoms with Crippen molar-refractivity contribution in [1.29, 1.82) is 0 Å². The van der Waals surface area contributed by atoms with Gasteiger partial charge in [0.1, 0.15) is 17.3 Å².